The van der Waals surface area contributed by atoms with Crippen molar-refractivity contribution in [1.29, 1.82) is 0 Å². The van der Waals surface area contributed by atoms with Crippen LogP contribution in [0.4, 0.5) is 4.79 Å². The van der Waals surface area contributed by atoms with Crippen LogP contribution < -0.4 is 0 Å². The third-order valence-electron chi connectivity index (χ3n) is 2.73. The first-order chi connectivity index (χ1) is 8.08. The van der Waals surface area contributed by atoms with Crippen LogP contribution in [0.2, 0.25) is 0 Å². The lowest BCUT2D eigenvalue weighted by Crippen LogP contribution is -2.20. The zero-order chi connectivity index (χ0) is 12.3. The Morgan fingerprint density at radius 3 is 2.53 bits per heavy atom. The highest BCUT2D eigenvalue weighted by atomic mass is 16.8. The number of carbonyl (C=O) groups is 1. The van der Waals surface area contributed by atoms with Crippen LogP contribution in [0.15, 0.2) is 42.2 Å². The van der Waals surface area contributed by atoms with Gasteiger partial charge in [0, 0.05) is 0 Å². The Kier molecular flexibility index (Phi) is 3.18. The summed E-state index contributed by atoms with van der Waals surface area (Å²) in [5.74, 6) is 0.610. The van der Waals surface area contributed by atoms with Gasteiger partial charge < -0.3 is 9.47 Å². The molecule has 0 saturated carbocycles. The van der Waals surface area contributed by atoms with E-state index in [9.17, 15) is 4.79 Å². The van der Waals surface area contributed by atoms with Crippen molar-refractivity contribution in [3.05, 3.63) is 47.7 Å². The fourth-order valence-electron chi connectivity index (χ4n) is 1.79. The Labute approximate surface area is 101 Å². The van der Waals surface area contributed by atoms with Crippen molar-refractivity contribution >= 4 is 6.16 Å². The van der Waals surface area contributed by atoms with E-state index >= 15 is 0 Å². The second kappa shape index (κ2) is 4.62. The predicted molar refractivity (Wildman–Crippen MR) is 64.5 cm³/mol. The molecule has 0 aromatic heterocycles. The second-order valence-electron chi connectivity index (χ2n) is 4.56. The quantitative estimate of drug-likeness (QED) is 0.749. The number of cyclic esters (lactones) is 2. The molecule has 0 bridgehead atoms. The molecule has 0 atom stereocenters. The minimum Gasteiger partial charge on any atom is -0.420 e. The molecule has 1 aromatic carbocycles. The van der Waals surface area contributed by atoms with Crippen LogP contribution in [0.3, 0.4) is 0 Å². The van der Waals surface area contributed by atoms with E-state index in [-0.39, 0.29) is 0 Å². The van der Waals surface area contributed by atoms with E-state index in [1.54, 1.807) is 0 Å². The highest BCUT2D eigenvalue weighted by Crippen LogP contribution is 2.30. The molecule has 0 amide bonds. The standard InChI is InChI=1S/C14H16O3/c1-14(2)12(16-13(15)17-14)10-6-9-11-7-4-3-5-8-11/h3-5,7-8,10H,6,9H2,1-2H3/b12-10-. The zero-order valence-electron chi connectivity index (χ0n) is 10.1. The average molecular weight is 232 g/mol. The Bertz CT molecular complexity index is 432. The number of carbonyl (C=O) groups excluding carboxylic acids is 1. The van der Waals surface area contributed by atoms with Crippen LogP contribution >= 0.6 is 0 Å². The van der Waals surface area contributed by atoms with Crippen LogP contribution in [-0.4, -0.2) is 11.8 Å². The first-order valence-corrected chi connectivity index (χ1v) is 5.73. The molecule has 2 rings (SSSR count). The van der Waals surface area contributed by atoms with E-state index in [0.29, 0.717) is 5.76 Å². The van der Waals surface area contributed by atoms with Gasteiger partial charge in [-0.2, -0.15) is 0 Å². The maximum atomic E-state index is 11.0. The Morgan fingerprint density at radius 1 is 1.24 bits per heavy atom. The summed E-state index contributed by atoms with van der Waals surface area (Å²) >= 11 is 0. The SMILES string of the molecule is CC1(C)OC(=O)O/C1=C\CCc1ccccc1. The summed E-state index contributed by atoms with van der Waals surface area (Å²) in [6.45, 7) is 3.65. The first kappa shape index (κ1) is 11.7. The topological polar surface area (TPSA) is 35.5 Å². The number of benzene rings is 1. The summed E-state index contributed by atoms with van der Waals surface area (Å²) < 4.78 is 10.0. The van der Waals surface area contributed by atoms with Gasteiger partial charge in [-0.3, -0.25) is 0 Å². The molecule has 1 heterocycles. The Balaban J connectivity index is 1.95. The lowest BCUT2D eigenvalue weighted by molar-refractivity contribution is 0.0872. The van der Waals surface area contributed by atoms with Gasteiger partial charge in [0.2, 0.25) is 0 Å². The molecule has 1 aliphatic rings. The molecule has 17 heavy (non-hydrogen) atoms. The molecule has 90 valence electrons. The number of hydrogen-bond donors (Lipinski definition) is 0. The second-order valence-corrected chi connectivity index (χ2v) is 4.56. The summed E-state index contributed by atoms with van der Waals surface area (Å²) in [7, 11) is 0. The molecule has 1 aromatic rings. The number of rotatable bonds is 3. The molecule has 1 saturated heterocycles. The molecule has 1 fully saturated rings. The van der Waals surface area contributed by atoms with Gasteiger partial charge in [0.25, 0.3) is 0 Å². The molecule has 0 unspecified atom stereocenters. The Hall–Kier alpha value is -1.77. The van der Waals surface area contributed by atoms with Gasteiger partial charge >= 0.3 is 6.16 Å². The molecule has 0 N–H and O–H groups in total. The van der Waals surface area contributed by atoms with Crippen LogP contribution in [0, 0.1) is 0 Å². The van der Waals surface area contributed by atoms with Crippen molar-refractivity contribution in [3.63, 3.8) is 0 Å². The van der Waals surface area contributed by atoms with Gasteiger partial charge in [-0.1, -0.05) is 30.3 Å². The van der Waals surface area contributed by atoms with Gasteiger partial charge in [-0.15, -0.1) is 0 Å². The van der Waals surface area contributed by atoms with Gasteiger partial charge in [0.05, 0.1) is 0 Å². The fourth-order valence-corrected chi connectivity index (χ4v) is 1.79. The molecule has 1 aliphatic heterocycles. The molecular formula is C14H16O3. The van der Waals surface area contributed by atoms with E-state index < -0.39 is 11.8 Å². The normalized spacial score (nSPS) is 20.1. The van der Waals surface area contributed by atoms with Crippen LogP contribution in [0.1, 0.15) is 25.8 Å². The van der Waals surface area contributed by atoms with Crippen LogP contribution in [0.25, 0.3) is 0 Å². The number of ether oxygens (including phenoxy) is 2. The molecular weight excluding hydrogens is 216 g/mol. The average Bonchev–Trinajstić information content (AvgIpc) is 2.53. The van der Waals surface area contributed by atoms with Gasteiger partial charge in [-0.05, 0) is 38.3 Å². The Morgan fingerprint density at radius 2 is 1.94 bits per heavy atom. The molecule has 3 nitrogen and oxygen atoms in total. The molecule has 3 heteroatoms. The molecule has 0 aliphatic carbocycles. The minimum absolute atomic E-state index is 0.610. The fraction of sp³-hybridized carbons (Fsp3) is 0.357. The smallest absolute Gasteiger partial charge is 0.420 e. The van der Waals surface area contributed by atoms with Crippen molar-refractivity contribution in [2.24, 2.45) is 0 Å². The van der Waals surface area contributed by atoms with Crippen LogP contribution in [0.5, 0.6) is 0 Å². The maximum Gasteiger partial charge on any atom is 0.514 e. The van der Waals surface area contributed by atoms with E-state index in [1.807, 2.05) is 38.1 Å². The number of allylic oxidation sites excluding steroid dienone is 1. The summed E-state index contributed by atoms with van der Waals surface area (Å²) in [5, 5.41) is 0. The van der Waals surface area contributed by atoms with Gasteiger partial charge in [-0.25, -0.2) is 4.79 Å². The van der Waals surface area contributed by atoms with Gasteiger partial charge in [0.15, 0.2) is 11.4 Å². The van der Waals surface area contributed by atoms with E-state index in [2.05, 4.69) is 12.1 Å². The lowest BCUT2D eigenvalue weighted by atomic mass is 10.0. The van der Waals surface area contributed by atoms with E-state index in [4.69, 9.17) is 9.47 Å². The third kappa shape index (κ3) is 2.87. The van der Waals surface area contributed by atoms with Crippen molar-refractivity contribution in [3.8, 4) is 0 Å². The largest absolute Gasteiger partial charge is 0.514 e. The first-order valence-electron chi connectivity index (χ1n) is 5.73. The van der Waals surface area contributed by atoms with Gasteiger partial charge in [0.1, 0.15) is 0 Å². The summed E-state index contributed by atoms with van der Waals surface area (Å²) in [5.41, 5.74) is 0.640. The monoisotopic (exact) mass is 232 g/mol. The highest BCUT2D eigenvalue weighted by molar-refractivity contribution is 5.66. The van der Waals surface area contributed by atoms with Crippen molar-refractivity contribution < 1.29 is 14.3 Å². The molecule has 0 spiro atoms. The summed E-state index contributed by atoms with van der Waals surface area (Å²) in [6.07, 6.45) is 3.08. The van der Waals surface area contributed by atoms with E-state index in [0.717, 1.165) is 12.8 Å². The molecule has 0 radical (unpaired) electrons. The summed E-state index contributed by atoms with van der Waals surface area (Å²) in [6, 6.07) is 10.2. The maximum absolute atomic E-state index is 11.0. The van der Waals surface area contributed by atoms with Crippen molar-refractivity contribution in [2.75, 3.05) is 0 Å². The van der Waals surface area contributed by atoms with Crippen LogP contribution in [-0.2, 0) is 15.9 Å². The predicted octanol–water partition coefficient (Wildman–Crippen LogP) is 3.45. The summed E-state index contributed by atoms with van der Waals surface area (Å²) in [4.78, 5) is 11.0. The van der Waals surface area contributed by atoms with E-state index in [1.165, 1.54) is 5.56 Å². The number of hydrogen-bond acceptors (Lipinski definition) is 3. The number of aryl methyl sites for hydroxylation is 1. The van der Waals surface area contributed by atoms with Crippen molar-refractivity contribution in [1.82, 2.24) is 0 Å². The van der Waals surface area contributed by atoms with Crippen molar-refractivity contribution in [2.45, 2.75) is 32.3 Å². The lowest BCUT2D eigenvalue weighted by Gasteiger charge is -2.13. The minimum atomic E-state index is -0.631. The third-order valence-corrected chi connectivity index (χ3v) is 2.73. The highest BCUT2D eigenvalue weighted by Gasteiger charge is 2.38. The zero-order valence-corrected chi connectivity index (χ0v) is 10.1.